The van der Waals surface area contributed by atoms with Crippen molar-refractivity contribution in [1.29, 1.82) is 0 Å². The second kappa shape index (κ2) is 4.22. The first kappa shape index (κ1) is 12.5. The normalized spacial score (nSPS) is 20.1. The number of nitrogens with one attached hydrogen (secondary N) is 1. The van der Waals surface area contributed by atoms with E-state index in [1.54, 1.807) is 6.92 Å². The molecule has 19 heavy (non-hydrogen) atoms. The first-order valence-electron chi connectivity index (χ1n) is 6.97. The summed E-state index contributed by atoms with van der Waals surface area (Å²) in [5, 5.41) is 12.7. The maximum absolute atomic E-state index is 11.4. The van der Waals surface area contributed by atoms with Crippen LogP contribution in [-0.2, 0) is 0 Å². The van der Waals surface area contributed by atoms with E-state index < -0.39 is 5.97 Å². The zero-order valence-electron chi connectivity index (χ0n) is 11.5. The van der Waals surface area contributed by atoms with Crippen LogP contribution in [0.15, 0.2) is 6.07 Å². The lowest BCUT2D eigenvalue weighted by molar-refractivity contribution is 0.0696. The van der Waals surface area contributed by atoms with Gasteiger partial charge < -0.3 is 10.4 Å². The Bertz CT molecular complexity index is 531. The van der Waals surface area contributed by atoms with Crippen molar-refractivity contribution in [3.8, 4) is 0 Å². The Hall–Kier alpha value is -1.58. The van der Waals surface area contributed by atoms with Crippen molar-refractivity contribution in [3.05, 3.63) is 23.0 Å². The van der Waals surface area contributed by atoms with Crippen LogP contribution < -0.4 is 5.32 Å². The highest BCUT2D eigenvalue weighted by Gasteiger charge is 2.53. The van der Waals surface area contributed by atoms with Crippen molar-refractivity contribution < 1.29 is 9.90 Å². The summed E-state index contributed by atoms with van der Waals surface area (Å²) in [5.74, 6) is -0.0268. The quantitative estimate of drug-likeness (QED) is 0.854. The molecule has 1 aromatic heterocycles. The highest BCUT2D eigenvalue weighted by atomic mass is 16.4. The highest BCUT2D eigenvalue weighted by Crippen LogP contribution is 2.61. The fraction of sp³-hybridized carbons (Fsp3) is 0.600. The SMILES string of the molecule is Cc1cc(NCC2(C3CC3)CC2)c(C(=O)O)c(C)n1. The second-order valence-electron chi connectivity index (χ2n) is 6.07. The number of aromatic carboxylic acids is 1. The largest absolute Gasteiger partial charge is 0.478 e. The maximum Gasteiger partial charge on any atom is 0.339 e. The molecule has 0 spiro atoms. The van der Waals surface area contributed by atoms with Crippen molar-refractivity contribution in [2.75, 3.05) is 11.9 Å². The van der Waals surface area contributed by atoms with Crippen molar-refractivity contribution in [3.63, 3.8) is 0 Å². The predicted molar refractivity (Wildman–Crippen MR) is 73.6 cm³/mol. The van der Waals surface area contributed by atoms with Gasteiger partial charge in [-0.05, 0) is 56.9 Å². The van der Waals surface area contributed by atoms with Gasteiger partial charge in [0.25, 0.3) is 0 Å². The number of nitrogens with zero attached hydrogens (tertiary/aromatic N) is 1. The standard InChI is InChI=1S/C15H20N2O2/c1-9-7-12(13(14(18)19)10(2)17-9)16-8-15(5-6-15)11-3-4-11/h7,11H,3-6,8H2,1-2H3,(H,16,17)(H,18,19). The van der Waals surface area contributed by atoms with E-state index in [2.05, 4.69) is 10.3 Å². The van der Waals surface area contributed by atoms with Gasteiger partial charge in [-0.25, -0.2) is 4.79 Å². The number of pyridine rings is 1. The molecule has 2 aliphatic rings. The fourth-order valence-corrected chi connectivity index (χ4v) is 3.09. The number of anilines is 1. The Labute approximate surface area is 113 Å². The molecule has 0 aliphatic heterocycles. The molecular weight excluding hydrogens is 240 g/mol. The molecule has 102 valence electrons. The lowest BCUT2D eigenvalue weighted by Crippen LogP contribution is -2.19. The van der Waals surface area contributed by atoms with Crippen LogP contribution in [0.2, 0.25) is 0 Å². The minimum Gasteiger partial charge on any atom is -0.478 e. The summed E-state index contributed by atoms with van der Waals surface area (Å²) >= 11 is 0. The maximum atomic E-state index is 11.4. The van der Waals surface area contributed by atoms with Crippen LogP contribution in [0.4, 0.5) is 5.69 Å². The smallest absolute Gasteiger partial charge is 0.339 e. The molecule has 4 heteroatoms. The molecule has 2 fully saturated rings. The van der Waals surface area contributed by atoms with Crippen LogP contribution >= 0.6 is 0 Å². The Balaban J connectivity index is 1.81. The minimum absolute atomic E-state index is 0.317. The van der Waals surface area contributed by atoms with Crippen molar-refractivity contribution in [1.82, 2.24) is 4.98 Å². The summed E-state index contributed by atoms with van der Waals surface area (Å²) in [6.07, 6.45) is 5.27. The van der Waals surface area contributed by atoms with Crippen molar-refractivity contribution in [2.24, 2.45) is 11.3 Å². The van der Waals surface area contributed by atoms with Gasteiger partial charge in [0, 0.05) is 12.2 Å². The van der Waals surface area contributed by atoms with E-state index in [9.17, 15) is 9.90 Å². The van der Waals surface area contributed by atoms with Gasteiger partial charge in [0.1, 0.15) is 5.56 Å². The Kier molecular flexibility index (Phi) is 2.77. The van der Waals surface area contributed by atoms with Crippen LogP contribution in [0.5, 0.6) is 0 Å². The topological polar surface area (TPSA) is 62.2 Å². The van der Waals surface area contributed by atoms with Gasteiger partial charge in [-0.3, -0.25) is 4.98 Å². The molecule has 0 amide bonds. The van der Waals surface area contributed by atoms with Gasteiger partial charge in [0.2, 0.25) is 0 Å². The summed E-state index contributed by atoms with van der Waals surface area (Å²) in [4.78, 5) is 15.6. The van der Waals surface area contributed by atoms with E-state index in [0.29, 0.717) is 16.7 Å². The number of aryl methyl sites for hydroxylation is 2. The van der Waals surface area contributed by atoms with E-state index in [0.717, 1.165) is 23.8 Å². The number of rotatable bonds is 5. The monoisotopic (exact) mass is 260 g/mol. The zero-order valence-corrected chi connectivity index (χ0v) is 11.5. The molecule has 4 nitrogen and oxygen atoms in total. The van der Waals surface area contributed by atoms with E-state index in [-0.39, 0.29) is 0 Å². The lowest BCUT2D eigenvalue weighted by atomic mass is 10.0. The number of carboxylic acids is 1. The lowest BCUT2D eigenvalue weighted by Gasteiger charge is -2.18. The third kappa shape index (κ3) is 2.31. The molecule has 0 unspecified atom stereocenters. The van der Waals surface area contributed by atoms with Crippen molar-refractivity contribution in [2.45, 2.75) is 39.5 Å². The minimum atomic E-state index is -0.899. The van der Waals surface area contributed by atoms with Crippen LogP contribution in [0.1, 0.15) is 47.4 Å². The molecular formula is C15H20N2O2. The molecule has 0 saturated heterocycles. The van der Waals surface area contributed by atoms with E-state index in [1.807, 2.05) is 13.0 Å². The number of carbonyl (C=O) groups is 1. The first-order chi connectivity index (χ1) is 9.02. The molecule has 0 atom stereocenters. The predicted octanol–water partition coefficient (Wildman–Crippen LogP) is 3.00. The van der Waals surface area contributed by atoms with Crippen LogP contribution in [0, 0.1) is 25.2 Å². The summed E-state index contributed by atoms with van der Waals surface area (Å²) < 4.78 is 0. The van der Waals surface area contributed by atoms with Gasteiger partial charge in [-0.1, -0.05) is 0 Å². The summed E-state index contributed by atoms with van der Waals surface area (Å²) in [6, 6.07) is 1.85. The summed E-state index contributed by atoms with van der Waals surface area (Å²) in [7, 11) is 0. The number of carboxylic acid groups (broad SMARTS) is 1. The third-order valence-corrected chi connectivity index (χ3v) is 4.51. The second-order valence-corrected chi connectivity index (χ2v) is 6.07. The number of hydrogen-bond acceptors (Lipinski definition) is 3. The molecule has 2 N–H and O–H groups in total. The van der Waals surface area contributed by atoms with Crippen LogP contribution in [-0.4, -0.2) is 22.6 Å². The van der Waals surface area contributed by atoms with Crippen LogP contribution in [0.3, 0.4) is 0 Å². The van der Waals surface area contributed by atoms with E-state index in [4.69, 9.17) is 0 Å². The number of aromatic nitrogens is 1. The first-order valence-corrected chi connectivity index (χ1v) is 6.97. The molecule has 1 aromatic rings. The average molecular weight is 260 g/mol. The number of hydrogen-bond donors (Lipinski definition) is 2. The third-order valence-electron chi connectivity index (χ3n) is 4.51. The van der Waals surface area contributed by atoms with Gasteiger partial charge in [0.15, 0.2) is 0 Å². The molecule has 0 aromatic carbocycles. The van der Waals surface area contributed by atoms with Gasteiger partial charge in [0.05, 0.1) is 11.4 Å². The zero-order chi connectivity index (χ0) is 13.6. The molecule has 0 bridgehead atoms. The molecule has 1 heterocycles. The van der Waals surface area contributed by atoms with Gasteiger partial charge in [-0.15, -0.1) is 0 Å². The fourth-order valence-electron chi connectivity index (χ4n) is 3.09. The average Bonchev–Trinajstić information content (AvgIpc) is 3.17. The van der Waals surface area contributed by atoms with E-state index in [1.165, 1.54) is 25.7 Å². The Morgan fingerprint density at radius 3 is 2.68 bits per heavy atom. The Morgan fingerprint density at radius 1 is 1.47 bits per heavy atom. The molecule has 3 rings (SSSR count). The Morgan fingerprint density at radius 2 is 2.16 bits per heavy atom. The molecule has 2 aliphatic carbocycles. The van der Waals surface area contributed by atoms with E-state index >= 15 is 0 Å². The summed E-state index contributed by atoms with van der Waals surface area (Å²) in [6.45, 7) is 4.56. The summed E-state index contributed by atoms with van der Waals surface area (Å²) in [5.41, 5.74) is 2.95. The van der Waals surface area contributed by atoms with Crippen molar-refractivity contribution >= 4 is 11.7 Å². The van der Waals surface area contributed by atoms with Gasteiger partial charge in [-0.2, -0.15) is 0 Å². The molecule has 2 saturated carbocycles. The highest BCUT2D eigenvalue weighted by molar-refractivity contribution is 5.95. The molecule has 0 radical (unpaired) electrons. The van der Waals surface area contributed by atoms with Crippen LogP contribution in [0.25, 0.3) is 0 Å². The van der Waals surface area contributed by atoms with Gasteiger partial charge >= 0.3 is 5.97 Å².